The van der Waals surface area contributed by atoms with Crippen LogP contribution in [0.15, 0.2) is 23.5 Å². The van der Waals surface area contributed by atoms with Crippen molar-refractivity contribution >= 4 is 17.7 Å². The van der Waals surface area contributed by atoms with Gasteiger partial charge in [0.15, 0.2) is 0 Å². The third-order valence-electron chi connectivity index (χ3n) is 2.97. The van der Waals surface area contributed by atoms with Gasteiger partial charge in [-0.25, -0.2) is 4.79 Å². The highest BCUT2D eigenvalue weighted by molar-refractivity contribution is 6.44. The van der Waals surface area contributed by atoms with E-state index in [4.69, 9.17) is 10.5 Å². The van der Waals surface area contributed by atoms with Crippen molar-refractivity contribution in [1.82, 2.24) is 0 Å². The summed E-state index contributed by atoms with van der Waals surface area (Å²) in [7, 11) is 1.27. The normalized spacial score (nSPS) is 23.8. The Balaban J connectivity index is 2.05. The van der Waals surface area contributed by atoms with Crippen molar-refractivity contribution in [3.63, 3.8) is 0 Å². The van der Waals surface area contributed by atoms with Crippen molar-refractivity contribution in [2.45, 2.75) is 18.9 Å². The number of carbonyl (C=O) groups is 3. The molecule has 1 aliphatic heterocycles. The van der Waals surface area contributed by atoms with Gasteiger partial charge in [0.05, 0.1) is 12.7 Å². The van der Waals surface area contributed by atoms with Crippen LogP contribution in [0.3, 0.4) is 0 Å². The third kappa shape index (κ3) is 2.19. The van der Waals surface area contributed by atoms with Crippen molar-refractivity contribution in [3.8, 4) is 0 Å². The van der Waals surface area contributed by atoms with Crippen LogP contribution in [-0.2, 0) is 23.9 Å². The largest absolute Gasteiger partial charge is 0.468 e. The summed E-state index contributed by atoms with van der Waals surface area (Å²) in [6, 6.07) is -0.723. The Morgan fingerprint density at radius 2 is 2.33 bits per heavy atom. The van der Waals surface area contributed by atoms with Gasteiger partial charge < -0.3 is 15.2 Å². The molecule has 0 amide bonds. The first-order chi connectivity index (χ1) is 8.52. The van der Waals surface area contributed by atoms with Crippen molar-refractivity contribution in [3.05, 3.63) is 23.5 Å². The third-order valence-corrected chi connectivity index (χ3v) is 2.97. The Labute approximate surface area is 103 Å². The quantitative estimate of drug-likeness (QED) is 0.552. The summed E-state index contributed by atoms with van der Waals surface area (Å²) >= 11 is 0. The topological polar surface area (TPSA) is 95.7 Å². The van der Waals surface area contributed by atoms with Crippen LogP contribution in [-0.4, -0.2) is 30.9 Å². The molecule has 0 aromatic carbocycles. The maximum absolute atomic E-state index is 11.3. The standard InChI is InChI=1S/C12H13NO5/c1-17-11(15)8(13)4-6-2-3-7-9(5-6)18-12(16)10(7)14/h3,5-6,8H,2,4,13H2,1H3/t6?,8-/m0/s1. The second kappa shape index (κ2) is 4.73. The molecule has 0 aromatic heterocycles. The number of rotatable bonds is 3. The molecule has 2 rings (SSSR count). The number of Topliss-reactive ketones (excluding diaryl/α,β-unsaturated/α-hetero) is 1. The van der Waals surface area contributed by atoms with Crippen molar-refractivity contribution in [2.24, 2.45) is 11.7 Å². The zero-order valence-corrected chi connectivity index (χ0v) is 9.84. The van der Waals surface area contributed by atoms with Crippen LogP contribution in [0.25, 0.3) is 0 Å². The average Bonchev–Trinajstić information content (AvgIpc) is 2.63. The van der Waals surface area contributed by atoms with Crippen LogP contribution in [0.2, 0.25) is 0 Å². The van der Waals surface area contributed by atoms with Gasteiger partial charge in [0.2, 0.25) is 0 Å². The van der Waals surface area contributed by atoms with E-state index < -0.39 is 23.8 Å². The van der Waals surface area contributed by atoms with Crippen molar-refractivity contribution < 1.29 is 23.9 Å². The molecule has 2 aliphatic rings. The van der Waals surface area contributed by atoms with E-state index in [1.54, 1.807) is 12.2 Å². The number of ketones is 1. The second-order valence-electron chi connectivity index (χ2n) is 4.23. The van der Waals surface area contributed by atoms with Gasteiger partial charge in [-0.15, -0.1) is 0 Å². The highest BCUT2D eigenvalue weighted by Crippen LogP contribution is 2.31. The number of fused-ring (bicyclic) bond motifs is 1. The molecular formula is C12H13NO5. The lowest BCUT2D eigenvalue weighted by Crippen LogP contribution is -2.33. The van der Waals surface area contributed by atoms with Gasteiger partial charge in [0.1, 0.15) is 11.8 Å². The van der Waals surface area contributed by atoms with Gasteiger partial charge in [-0.3, -0.25) is 9.59 Å². The molecule has 0 aromatic rings. The number of methoxy groups -OCH3 is 1. The van der Waals surface area contributed by atoms with Crippen LogP contribution in [0, 0.1) is 5.92 Å². The highest BCUT2D eigenvalue weighted by Gasteiger charge is 2.36. The van der Waals surface area contributed by atoms with Crippen LogP contribution < -0.4 is 5.73 Å². The minimum atomic E-state index is -0.856. The van der Waals surface area contributed by atoms with Crippen LogP contribution in [0.5, 0.6) is 0 Å². The predicted molar refractivity (Wildman–Crippen MR) is 60.0 cm³/mol. The summed E-state index contributed by atoms with van der Waals surface area (Å²) in [4.78, 5) is 33.6. The minimum absolute atomic E-state index is 0.0449. The maximum atomic E-state index is 11.3. The molecule has 6 nitrogen and oxygen atoms in total. The molecule has 1 unspecified atom stereocenters. The smallest absolute Gasteiger partial charge is 0.385 e. The molecule has 2 N–H and O–H groups in total. The Bertz CT molecular complexity index is 477. The SMILES string of the molecule is COC(=O)[C@@H](N)CC1C=C2OC(=O)C(=O)C2=CC1. The fraction of sp³-hybridized carbons (Fsp3) is 0.417. The molecule has 1 heterocycles. The minimum Gasteiger partial charge on any atom is -0.468 e. The van der Waals surface area contributed by atoms with E-state index in [2.05, 4.69) is 4.74 Å². The van der Waals surface area contributed by atoms with E-state index in [1.807, 2.05) is 0 Å². The number of esters is 2. The first kappa shape index (κ1) is 12.5. The number of hydrogen-bond donors (Lipinski definition) is 1. The highest BCUT2D eigenvalue weighted by atomic mass is 16.6. The Kier molecular flexibility index (Phi) is 3.29. The van der Waals surface area contributed by atoms with E-state index >= 15 is 0 Å². The maximum Gasteiger partial charge on any atom is 0.385 e. The van der Waals surface area contributed by atoms with Gasteiger partial charge in [0, 0.05) is 0 Å². The summed E-state index contributed by atoms with van der Waals surface area (Å²) in [5.41, 5.74) is 5.96. The first-order valence-electron chi connectivity index (χ1n) is 5.55. The van der Waals surface area contributed by atoms with Crippen LogP contribution in [0.4, 0.5) is 0 Å². The lowest BCUT2D eigenvalue weighted by Gasteiger charge is -2.18. The summed E-state index contributed by atoms with van der Waals surface area (Å²) in [6.45, 7) is 0. The Hall–Kier alpha value is -1.95. The molecule has 96 valence electrons. The lowest BCUT2D eigenvalue weighted by molar-refractivity contribution is -0.145. The van der Waals surface area contributed by atoms with E-state index in [-0.39, 0.29) is 11.7 Å². The molecule has 0 bridgehead atoms. The molecule has 0 spiro atoms. The number of carbonyl (C=O) groups excluding carboxylic acids is 3. The monoisotopic (exact) mass is 251 g/mol. The fourth-order valence-corrected chi connectivity index (χ4v) is 2.03. The summed E-state index contributed by atoms with van der Waals surface area (Å²) < 4.78 is 9.36. The van der Waals surface area contributed by atoms with Gasteiger partial charge >= 0.3 is 11.9 Å². The Morgan fingerprint density at radius 3 is 3.00 bits per heavy atom. The van der Waals surface area contributed by atoms with Gasteiger partial charge in [-0.2, -0.15) is 0 Å². The van der Waals surface area contributed by atoms with Crippen molar-refractivity contribution in [1.29, 1.82) is 0 Å². The van der Waals surface area contributed by atoms with E-state index in [9.17, 15) is 14.4 Å². The molecule has 6 heteroatoms. The number of hydrogen-bond acceptors (Lipinski definition) is 6. The molecule has 1 aliphatic carbocycles. The number of allylic oxidation sites excluding steroid dienone is 3. The van der Waals surface area contributed by atoms with E-state index in [1.165, 1.54) is 7.11 Å². The van der Waals surface area contributed by atoms with Gasteiger partial charge in [-0.1, -0.05) is 6.08 Å². The van der Waals surface area contributed by atoms with Gasteiger partial charge in [0.25, 0.3) is 5.78 Å². The number of nitrogens with two attached hydrogens (primary N) is 1. The fourth-order valence-electron chi connectivity index (χ4n) is 2.03. The first-order valence-corrected chi connectivity index (χ1v) is 5.55. The molecule has 0 saturated carbocycles. The zero-order chi connectivity index (χ0) is 13.3. The lowest BCUT2D eigenvalue weighted by atomic mass is 9.89. The Morgan fingerprint density at radius 1 is 1.61 bits per heavy atom. The zero-order valence-electron chi connectivity index (χ0n) is 9.84. The molecule has 18 heavy (non-hydrogen) atoms. The molecular weight excluding hydrogens is 238 g/mol. The van der Waals surface area contributed by atoms with E-state index in [0.29, 0.717) is 18.4 Å². The van der Waals surface area contributed by atoms with E-state index in [0.717, 1.165) is 0 Å². The van der Waals surface area contributed by atoms with Crippen molar-refractivity contribution in [2.75, 3.05) is 7.11 Å². The number of ether oxygens (including phenoxy) is 2. The molecule has 1 saturated heterocycles. The predicted octanol–water partition coefficient (Wildman–Crippen LogP) is -0.167. The summed E-state index contributed by atoms with van der Waals surface area (Å²) in [5.74, 6) is -1.72. The molecule has 1 fully saturated rings. The van der Waals surface area contributed by atoms with Gasteiger partial charge in [-0.05, 0) is 24.8 Å². The van der Waals surface area contributed by atoms with Crippen LogP contribution >= 0.6 is 0 Å². The molecule has 2 atom stereocenters. The summed E-state index contributed by atoms with van der Waals surface area (Å²) in [6.07, 6.45) is 4.25. The van der Waals surface area contributed by atoms with Crippen LogP contribution in [0.1, 0.15) is 12.8 Å². The summed E-state index contributed by atoms with van der Waals surface area (Å²) in [5, 5.41) is 0. The molecule has 0 radical (unpaired) electrons. The average molecular weight is 251 g/mol. The second-order valence-corrected chi connectivity index (χ2v) is 4.23.